The minimum absolute atomic E-state index is 0.225. The van der Waals surface area contributed by atoms with Gasteiger partial charge < -0.3 is 9.84 Å². The zero-order valence-corrected chi connectivity index (χ0v) is 9.05. The normalized spacial score (nSPS) is 23.1. The third-order valence-electron chi connectivity index (χ3n) is 2.53. The molecule has 1 atom stereocenters. The second kappa shape index (κ2) is 4.43. The first kappa shape index (κ1) is 11.0. The van der Waals surface area contributed by atoms with Crippen molar-refractivity contribution in [1.82, 2.24) is 0 Å². The van der Waals surface area contributed by atoms with Gasteiger partial charge >= 0.3 is 0 Å². The van der Waals surface area contributed by atoms with Gasteiger partial charge in [0.1, 0.15) is 0 Å². The molecule has 1 rings (SSSR count). The van der Waals surface area contributed by atoms with Crippen molar-refractivity contribution in [3.8, 4) is 0 Å². The summed E-state index contributed by atoms with van der Waals surface area (Å²) in [5, 5.41) is 9.79. The molecule has 1 fully saturated rings. The van der Waals surface area contributed by atoms with Crippen molar-refractivity contribution < 1.29 is 9.84 Å². The summed E-state index contributed by atoms with van der Waals surface area (Å²) in [5.41, 5.74) is -0.225. The Morgan fingerprint density at radius 3 is 2.15 bits per heavy atom. The molecule has 0 heterocycles. The van der Waals surface area contributed by atoms with Crippen LogP contribution in [0.15, 0.2) is 0 Å². The van der Waals surface area contributed by atoms with E-state index in [1.807, 2.05) is 20.8 Å². The van der Waals surface area contributed by atoms with Gasteiger partial charge in [-0.1, -0.05) is 19.3 Å². The van der Waals surface area contributed by atoms with Gasteiger partial charge in [0.25, 0.3) is 0 Å². The lowest BCUT2D eigenvalue weighted by Gasteiger charge is -2.31. The van der Waals surface area contributed by atoms with E-state index in [-0.39, 0.29) is 5.60 Å². The molecular weight excluding hydrogens is 164 g/mol. The summed E-state index contributed by atoms with van der Waals surface area (Å²) in [4.78, 5) is 0. The van der Waals surface area contributed by atoms with Gasteiger partial charge in [-0.3, -0.25) is 0 Å². The van der Waals surface area contributed by atoms with E-state index >= 15 is 0 Å². The van der Waals surface area contributed by atoms with Crippen LogP contribution in [0.3, 0.4) is 0 Å². The Labute approximate surface area is 81.3 Å². The van der Waals surface area contributed by atoms with Crippen molar-refractivity contribution in [2.75, 3.05) is 0 Å². The second-order valence-electron chi connectivity index (χ2n) is 5.02. The highest BCUT2D eigenvalue weighted by Gasteiger charge is 2.26. The van der Waals surface area contributed by atoms with Crippen LogP contribution in [0.1, 0.15) is 52.9 Å². The van der Waals surface area contributed by atoms with Crippen molar-refractivity contribution >= 4 is 0 Å². The van der Waals surface area contributed by atoms with Gasteiger partial charge in [-0.15, -0.1) is 0 Å². The largest absolute Gasteiger partial charge is 0.368 e. The van der Waals surface area contributed by atoms with Crippen LogP contribution in [-0.2, 0) is 4.74 Å². The molecule has 0 radical (unpaired) electrons. The maximum atomic E-state index is 9.79. The molecule has 0 bridgehead atoms. The van der Waals surface area contributed by atoms with Crippen LogP contribution in [0.25, 0.3) is 0 Å². The van der Waals surface area contributed by atoms with Gasteiger partial charge in [0.2, 0.25) is 0 Å². The molecule has 0 spiro atoms. The fourth-order valence-electron chi connectivity index (χ4n) is 1.88. The van der Waals surface area contributed by atoms with Crippen LogP contribution in [-0.4, -0.2) is 17.0 Å². The number of rotatable bonds is 2. The summed E-state index contributed by atoms with van der Waals surface area (Å²) in [7, 11) is 0. The van der Waals surface area contributed by atoms with Crippen molar-refractivity contribution in [1.29, 1.82) is 0 Å². The van der Waals surface area contributed by atoms with Gasteiger partial charge in [-0.25, -0.2) is 0 Å². The van der Waals surface area contributed by atoms with E-state index in [2.05, 4.69) is 0 Å². The Bertz CT molecular complexity index is 143. The number of hydrogen-bond donors (Lipinski definition) is 1. The lowest BCUT2D eigenvalue weighted by atomic mass is 9.88. The maximum absolute atomic E-state index is 9.79. The molecular formula is C11H22O2. The predicted octanol–water partition coefficient (Wildman–Crippen LogP) is 2.70. The van der Waals surface area contributed by atoms with E-state index in [1.54, 1.807) is 0 Å². The van der Waals surface area contributed by atoms with Gasteiger partial charge in [-0.05, 0) is 33.6 Å². The van der Waals surface area contributed by atoms with Crippen LogP contribution in [0.2, 0.25) is 0 Å². The van der Waals surface area contributed by atoms with Crippen molar-refractivity contribution in [2.24, 2.45) is 5.92 Å². The quantitative estimate of drug-likeness (QED) is 0.672. The van der Waals surface area contributed by atoms with Gasteiger partial charge in [0.15, 0.2) is 6.29 Å². The van der Waals surface area contributed by atoms with E-state index in [9.17, 15) is 5.11 Å². The molecule has 0 aromatic rings. The van der Waals surface area contributed by atoms with Gasteiger partial charge in [0.05, 0.1) is 5.60 Å². The molecule has 2 heteroatoms. The Balaban J connectivity index is 2.33. The fourth-order valence-corrected chi connectivity index (χ4v) is 1.88. The molecule has 13 heavy (non-hydrogen) atoms. The van der Waals surface area contributed by atoms with Gasteiger partial charge in [-0.2, -0.15) is 0 Å². The molecule has 1 aliphatic carbocycles. The lowest BCUT2D eigenvalue weighted by Crippen LogP contribution is -2.33. The monoisotopic (exact) mass is 186 g/mol. The summed E-state index contributed by atoms with van der Waals surface area (Å²) >= 11 is 0. The van der Waals surface area contributed by atoms with Crippen LogP contribution < -0.4 is 0 Å². The molecule has 1 unspecified atom stereocenters. The minimum atomic E-state index is -0.555. The minimum Gasteiger partial charge on any atom is -0.368 e. The Hall–Kier alpha value is -0.0800. The lowest BCUT2D eigenvalue weighted by molar-refractivity contribution is -0.196. The van der Waals surface area contributed by atoms with E-state index in [1.165, 1.54) is 19.3 Å². The van der Waals surface area contributed by atoms with Crippen molar-refractivity contribution in [3.05, 3.63) is 0 Å². The van der Waals surface area contributed by atoms with Gasteiger partial charge in [0, 0.05) is 5.92 Å². The number of ether oxygens (including phenoxy) is 1. The summed E-state index contributed by atoms with van der Waals surface area (Å²) in [6.45, 7) is 5.96. The first-order chi connectivity index (χ1) is 5.99. The molecule has 0 aromatic carbocycles. The molecule has 0 aromatic heterocycles. The summed E-state index contributed by atoms with van der Waals surface area (Å²) < 4.78 is 5.53. The molecule has 1 aliphatic rings. The second-order valence-corrected chi connectivity index (χ2v) is 5.02. The summed E-state index contributed by atoms with van der Waals surface area (Å²) in [5.74, 6) is 0.368. The molecule has 1 saturated carbocycles. The third kappa shape index (κ3) is 4.10. The molecule has 78 valence electrons. The molecule has 2 nitrogen and oxygen atoms in total. The van der Waals surface area contributed by atoms with Crippen LogP contribution in [0.4, 0.5) is 0 Å². The highest BCUT2D eigenvalue weighted by Crippen LogP contribution is 2.28. The Kier molecular flexibility index (Phi) is 3.74. The van der Waals surface area contributed by atoms with E-state index in [4.69, 9.17) is 4.74 Å². The first-order valence-electron chi connectivity index (χ1n) is 5.35. The average molecular weight is 186 g/mol. The van der Waals surface area contributed by atoms with Crippen molar-refractivity contribution in [2.45, 2.75) is 64.8 Å². The zero-order chi connectivity index (χ0) is 9.90. The highest BCUT2D eigenvalue weighted by atomic mass is 16.6. The van der Waals surface area contributed by atoms with E-state index in [0.29, 0.717) is 5.92 Å². The number of hydrogen-bond acceptors (Lipinski definition) is 2. The van der Waals surface area contributed by atoms with Crippen molar-refractivity contribution in [3.63, 3.8) is 0 Å². The zero-order valence-electron chi connectivity index (χ0n) is 9.05. The van der Waals surface area contributed by atoms with E-state index in [0.717, 1.165) is 12.8 Å². The maximum Gasteiger partial charge on any atom is 0.158 e. The standard InChI is InChI=1S/C11H22O2/c1-11(2,3)13-10(12)9-7-5-4-6-8-9/h9-10,12H,4-8H2,1-3H3. The summed E-state index contributed by atoms with van der Waals surface area (Å²) in [6.07, 6.45) is 5.50. The Morgan fingerprint density at radius 2 is 1.69 bits per heavy atom. The molecule has 1 N–H and O–H groups in total. The predicted molar refractivity (Wildman–Crippen MR) is 53.4 cm³/mol. The Morgan fingerprint density at radius 1 is 1.15 bits per heavy atom. The molecule has 0 amide bonds. The highest BCUT2D eigenvalue weighted by molar-refractivity contribution is 4.70. The molecule has 0 aliphatic heterocycles. The van der Waals surface area contributed by atoms with Crippen LogP contribution in [0, 0.1) is 5.92 Å². The van der Waals surface area contributed by atoms with E-state index < -0.39 is 6.29 Å². The SMILES string of the molecule is CC(C)(C)OC(O)C1CCCCC1. The van der Waals surface area contributed by atoms with Crippen LogP contribution in [0.5, 0.6) is 0 Å². The fraction of sp³-hybridized carbons (Fsp3) is 1.00. The average Bonchev–Trinajstić information content (AvgIpc) is 2.03. The number of aliphatic hydroxyl groups excluding tert-OH is 1. The smallest absolute Gasteiger partial charge is 0.158 e. The summed E-state index contributed by atoms with van der Waals surface area (Å²) in [6, 6.07) is 0. The third-order valence-corrected chi connectivity index (χ3v) is 2.53. The topological polar surface area (TPSA) is 29.5 Å². The molecule has 0 saturated heterocycles. The number of aliphatic hydroxyl groups is 1. The first-order valence-corrected chi connectivity index (χ1v) is 5.35. The van der Waals surface area contributed by atoms with Crippen LogP contribution >= 0.6 is 0 Å².